The monoisotopic (exact) mass is 450 g/mol. The van der Waals surface area contributed by atoms with Crippen LogP contribution in [-0.2, 0) is 10.5 Å². The van der Waals surface area contributed by atoms with Crippen LogP contribution in [-0.4, -0.2) is 31.6 Å². The maximum absolute atomic E-state index is 14.8. The molecule has 0 bridgehead atoms. The van der Waals surface area contributed by atoms with Crippen molar-refractivity contribution in [3.05, 3.63) is 82.3 Å². The van der Waals surface area contributed by atoms with Gasteiger partial charge >= 0.3 is 5.97 Å². The summed E-state index contributed by atoms with van der Waals surface area (Å²) >= 11 is 1.39. The number of allylic oxidation sites excluding steroid dienone is 2. The maximum Gasteiger partial charge on any atom is 0.335 e. The van der Waals surface area contributed by atoms with Crippen LogP contribution in [0.15, 0.2) is 65.0 Å². The Hall–Kier alpha value is -3.46. The van der Waals surface area contributed by atoms with E-state index in [1.807, 2.05) is 0 Å². The van der Waals surface area contributed by atoms with Gasteiger partial charge < -0.3 is 10.4 Å². The van der Waals surface area contributed by atoms with Crippen LogP contribution in [0.3, 0.4) is 0 Å². The lowest BCUT2D eigenvalue weighted by atomic mass is 9.85. The van der Waals surface area contributed by atoms with Gasteiger partial charge in [0.25, 0.3) is 0 Å². The summed E-state index contributed by atoms with van der Waals surface area (Å²) in [5.74, 6) is -0.334. The molecule has 0 unspecified atom stereocenters. The van der Waals surface area contributed by atoms with Gasteiger partial charge in [-0.2, -0.15) is 4.98 Å². The van der Waals surface area contributed by atoms with E-state index < -0.39 is 17.8 Å². The van der Waals surface area contributed by atoms with E-state index >= 15 is 0 Å². The highest BCUT2D eigenvalue weighted by atomic mass is 32.2. The van der Waals surface area contributed by atoms with Crippen LogP contribution in [0.2, 0.25) is 0 Å². The highest BCUT2D eigenvalue weighted by Gasteiger charge is 2.37. The molecule has 5 rings (SSSR count). The fraction of sp³-hybridized carbons (Fsp3) is 0.217. The van der Waals surface area contributed by atoms with E-state index in [9.17, 15) is 14.0 Å². The van der Waals surface area contributed by atoms with Crippen molar-refractivity contribution in [2.75, 3.05) is 5.32 Å². The molecule has 3 aromatic rings. The molecule has 162 valence electrons. The molecule has 0 saturated carbocycles. The molecule has 1 aromatic heterocycles. The molecule has 32 heavy (non-hydrogen) atoms. The zero-order valence-electron chi connectivity index (χ0n) is 16.9. The number of rotatable bonds is 5. The van der Waals surface area contributed by atoms with Crippen molar-refractivity contribution < 1.29 is 19.1 Å². The lowest BCUT2D eigenvalue weighted by molar-refractivity contribution is -0.116. The average Bonchev–Trinajstić information content (AvgIpc) is 3.20. The first-order valence-electron chi connectivity index (χ1n) is 10.2. The number of thioether (sulfide) groups is 1. The van der Waals surface area contributed by atoms with Crippen molar-refractivity contribution in [1.82, 2.24) is 14.8 Å². The molecule has 0 spiro atoms. The van der Waals surface area contributed by atoms with E-state index in [-0.39, 0.29) is 11.3 Å². The van der Waals surface area contributed by atoms with Crippen molar-refractivity contribution >= 4 is 29.5 Å². The second-order valence-electron chi connectivity index (χ2n) is 7.67. The van der Waals surface area contributed by atoms with E-state index in [0.29, 0.717) is 40.8 Å². The number of hydrogen-bond acceptors (Lipinski definition) is 6. The number of carbonyl (C=O) groups is 2. The van der Waals surface area contributed by atoms with E-state index in [1.54, 1.807) is 47.1 Å². The molecule has 2 heterocycles. The second kappa shape index (κ2) is 8.23. The molecule has 2 N–H and O–H groups in total. The Balaban J connectivity index is 1.46. The number of fused-ring (bicyclic) bond motifs is 1. The number of carboxylic acid groups (broad SMARTS) is 1. The van der Waals surface area contributed by atoms with E-state index in [0.717, 1.165) is 17.7 Å². The number of aromatic nitrogens is 3. The fourth-order valence-electron chi connectivity index (χ4n) is 4.07. The smallest absolute Gasteiger partial charge is 0.335 e. The molecular weight excluding hydrogens is 431 g/mol. The second-order valence-corrected chi connectivity index (χ2v) is 8.61. The minimum atomic E-state index is -0.969. The summed E-state index contributed by atoms with van der Waals surface area (Å²) < 4.78 is 16.4. The third-order valence-electron chi connectivity index (χ3n) is 5.62. The van der Waals surface area contributed by atoms with Gasteiger partial charge in [0.2, 0.25) is 11.1 Å². The molecule has 2 aliphatic rings. The molecule has 0 radical (unpaired) electrons. The summed E-state index contributed by atoms with van der Waals surface area (Å²) in [6.45, 7) is 0. The van der Waals surface area contributed by atoms with Gasteiger partial charge in [-0.3, -0.25) is 4.79 Å². The largest absolute Gasteiger partial charge is 0.478 e. The van der Waals surface area contributed by atoms with E-state index in [2.05, 4.69) is 15.4 Å². The van der Waals surface area contributed by atoms with Crippen LogP contribution in [0.25, 0.3) is 0 Å². The highest BCUT2D eigenvalue weighted by molar-refractivity contribution is 7.98. The molecule has 0 saturated heterocycles. The van der Waals surface area contributed by atoms with Gasteiger partial charge in [-0.1, -0.05) is 42.1 Å². The Morgan fingerprint density at radius 2 is 1.97 bits per heavy atom. The SMILES string of the molecule is O=C1CCCC2=C1[C@@H](c1ccccc1F)n1nc(SCc3ccc(C(=O)O)cc3)nc1N2. The molecule has 2 aromatic carbocycles. The van der Waals surface area contributed by atoms with Crippen molar-refractivity contribution in [3.63, 3.8) is 0 Å². The molecule has 0 amide bonds. The number of Topliss-reactive ketones (excluding diaryl/α,β-unsaturated/α-hetero) is 1. The molecule has 0 fully saturated rings. The quantitative estimate of drug-likeness (QED) is 0.555. The van der Waals surface area contributed by atoms with Gasteiger partial charge in [-0.25, -0.2) is 13.9 Å². The Morgan fingerprint density at radius 1 is 1.19 bits per heavy atom. The van der Waals surface area contributed by atoms with Crippen LogP contribution in [0, 0.1) is 5.82 Å². The highest BCUT2D eigenvalue weighted by Crippen LogP contribution is 2.41. The molecule has 1 atom stereocenters. The minimum Gasteiger partial charge on any atom is -0.478 e. The van der Waals surface area contributed by atoms with Crippen LogP contribution in [0.4, 0.5) is 10.3 Å². The molecule has 1 aliphatic heterocycles. The number of ketones is 1. The Morgan fingerprint density at radius 3 is 2.72 bits per heavy atom. The van der Waals surface area contributed by atoms with Crippen LogP contribution >= 0.6 is 11.8 Å². The predicted octanol–water partition coefficient (Wildman–Crippen LogP) is 4.43. The zero-order valence-corrected chi connectivity index (χ0v) is 17.7. The first-order valence-corrected chi connectivity index (χ1v) is 11.2. The summed E-state index contributed by atoms with van der Waals surface area (Å²) in [6, 6.07) is 12.4. The summed E-state index contributed by atoms with van der Waals surface area (Å²) in [7, 11) is 0. The molecule has 1 aliphatic carbocycles. The van der Waals surface area contributed by atoms with Crippen LogP contribution in [0.1, 0.15) is 46.8 Å². The Labute approximate surface area is 187 Å². The number of benzene rings is 2. The summed E-state index contributed by atoms with van der Waals surface area (Å²) in [5.41, 5.74) is 2.89. The molecule has 9 heteroatoms. The van der Waals surface area contributed by atoms with Crippen LogP contribution in [0.5, 0.6) is 0 Å². The van der Waals surface area contributed by atoms with E-state index in [4.69, 9.17) is 5.11 Å². The number of hydrogen-bond donors (Lipinski definition) is 2. The number of nitrogens with one attached hydrogen (secondary N) is 1. The number of nitrogens with zero attached hydrogens (tertiary/aromatic N) is 3. The van der Waals surface area contributed by atoms with Crippen molar-refractivity contribution in [2.24, 2.45) is 0 Å². The van der Waals surface area contributed by atoms with Crippen molar-refractivity contribution in [2.45, 2.75) is 36.2 Å². The number of carboxylic acids is 1. The minimum absolute atomic E-state index is 0.000811. The summed E-state index contributed by atoms with van der Waals surface area (Å²) in [4.78, 5) is 28.4. The normalized spacial score (nSPS) is 17.5. The Kier molecular flexibility index (Phi) is 5.26. The number of aromatic carboxylic acids is 1. The van der Waals surface area contributed by atoms with Gasteiger partial charge in [0.05, 0.1) is 5.56 Å². The van der Waals surface area contributed by atoms with Gasteiger partial charge in [0.1, 0.15) is 11.9 Å². The van der Waals surface area contributed by atoms with Crippen LogP contribution < -0.4 is 5.32 Å². The lowest BCUT2D eigenvalue weighted by Gasteiger charge is -2.32. The Bertz CT molecular complexity index is 1250. The van der Waals surface area contributed by atoms with Gasteiger partial charge in [0.15, 0.2) is 5.78 Å². The van der Waals surface area contributed by atoms with E-state index in [1.165, 1.54) is 17.8 Å². The standard InChI is InChI=1S/C23H19FN4O3S/c24-16-5-2-1-4-15(16)20-19-17(6-3-7-18(19)29)25-22-26-23(27-28(20)22)32-12-13-8-10-14(11-9-13)21(30)31/h1-2,4-5,8-11,20H,3,6-7,12H2,(H,30,31)(H,25,26,27)/t20-/m1/s1. The van der Waals surface area contributed by atoms with Gasteiger partial charge in [-0.15, -0.1) is 5.10 Å². The summed E-state index contributed by atoms with van der Waals surface area (Å²) in [5, 5.41) is 17.4. The first kappa shape index (κ1) is 20.4. The van der Waals surface area contributed by atoms with Gasteiger partial charge in [0, 0.05) is 29.0 Å². The molecule has 7 nitrogen and oxygen atoms in total. The van der Waals surface area contributed by atoms with Crippen molar-refractivity contribution in [1.29, 1.82) is 0 Å². The predicted molar refractivity (Wildman–Crippen MR) is 117 cm³/mol. The fourth-order valence-corrected chi connectivity index (χ4v) is 4.86. The third kappa shape index (κ3) is 3.69. The number of anilines is 1. The zero-order chi connectivity index (χ0) is 22.2. The first-order chi connectivity index (χ1) is 15.5. The average molecular weight is 450 g/mol. The third-order valence-corrected chi connectivity index (χ3v) is 6.53. The maximum atomic E-state index is 14.8. The number of halogens is 1. The summed E-state index contributed by atoms with van der Waals surface area (Å²) in [6.07, 6.45) is 1.89. The van der Waals surface area contributed by atoms with Crippen molar-refractivity contribution in [3.8, 4) is 0 Å². The van der Waals surface area contributed by atoms with Gasteiger partial charge in [-0.05, 0) is 36.6 Å². The number of carbonyl (C=O) groups excluding carboxylic acids is 1. The molecular formula is C23H19FN4O3S. The lowest BCUT2D eigenvalue weighted by Crippen LogP contribution is -2.32. The topological polar surface area (TPSA) is 97.1 Å².